The number of ether oxygens (including phenoxy) is 1. The molecule has 3 aliphatic heterocycles. The molecule has 5 rings (SSSR count). The molecule has 0 radical (unpaired) electrons. The molecule has 2 fully saturated rings. The quantitative estimate of drug-likeness (QED) is 0.317. The molecule has 1 aromatic carbocycles. The van der Waals surface area contributed by atoms with E-state index < -0.39 is 41.4 Å². The standard InChI is InChI=1S/C34H40ClFN4O6/c1-3-11-23-19-39(21-28(23)22(2)36)33(44)45-27-17-29-31(42)37-34(32(43)38-46-26-14-10-13-25(35)16-26)18-24(34)12-8-6-4-5-7-9-15-30(41)40(29)20-27/h3,8,10-14,16,24,27,29H,2,4-7,9,15,17-21H2,1H3,(H,37,42)(H,38,43)/b11-3-,12-8-/t24-,27-,29+,34-/m1/s1. The topological polar surface area (TPSA) is 117 Å². The smallest absolute Gasteiger partial charge is 0.410 e. The Bertz CT molecular complexity index is 1480. The van der Waals surface area contributed by atoms with Gasteiger partial charge in [-0.1, -0.05) is 61.4 Å². The number of allylic oxidation sites excluding steroid dienone is 2. The molecule has 3 heterocycles. The SMILES string of the molecule is C=C(F)C1=C(/C=C\C)CN(C(=O)O[C@@H]2C[C@H]3C(=O)N[C@]4(C(=O)NOc5cccc(Cl)c5)C[C@H]4/C=C\CCCCCCC(=O)N3C2)C1. The fourth-order valence-electron chi connectivity index (χ4n) is 6.32. The van der Waals surface area contributed by atoms with Crippen molar-refractivity contribution in [2.24, 2.45) is 5.92 Å². The molecular formula is C34H40ClFN4O6. The summed E-state index contributed by atoms with van der Waals surface area (Å²) < 4.78 is 19.8. The van der Waals surface area contributed by atoms with E-state index in [2.05, 4.69) is 17.4 Å². The van der Waals surface area contributed by atoms with Crippen molar-refractivity contribution < 1.29 is 33.1 Å². The number of benzene rings is 1. The van der Waals surface area contributed by atoms with E-state index in [1.807, 2.05) is 12.2 Å². The van der Waals surface area contributed by atoms with Gasteiger partial charge in [0, 0.05) is 42.0 Å². The van der Waals surface area contributed by atoms with Crippen molar-refractivity contribution in [3.8, 4) is 5.75 Å². The monoisotopic (exact) mass is 654 g/mol. The molecule has 1 aliphatic carbocycles. The van der Waals surface area contributed by atoms with E-state index in [1.165, 1.54) is 9.80 Å². The van der Waals surface area contributed by atoms with Crippen LogP contribution in [-0.4, -0.2) is 70.9 Å². The lowest BCUT2D eigenvalue weighted by Crippen LogP contribution is -2.56. The van der Waals surface area contributed by atoms with Crippen LogP contribution < -0.4 is 15.6 Å². The van der Waals surface area contributed by atoms with Gasteiger partial charge in [-0.25, -0.2) is 9.18 Å². The summed E-state index contributed by atoms with van der Waals surface area (Å²) in [5.74, 6) is -1.79. The summed E-state index contributed by atoms with van der Waals surface area (Å²) in [7, 11) is 0. The maximum absolute atomic E-state index is 14.1. The zero-order valence-electron chi connectivity index (χ0n) is 25.9. The highest BCUT2D eigenvalue weighted by atomic mass is 35.5. The summed E-state index contributed by atoms with van der Waals surface area (Å²) in [6.07, 6.45) is 11.0. The largest absolute Gasteiger partial charge is 0.444 e. The third-order valence-corrected chi connectivity index (χ3v) is 9.14. The first-order valence-electron chi connectivity index (χ1n) is 15.8. The third kappa shape index (κ3) is 7.63. The molecule has 4 aliphatic rings. The maximum Gasteiger partial charge on any atom is 0.410 e. The second-order valence-corrected chi connectivity index (χ2v) is 12.6. The van der Waals surface area contributed by atoms with Crippen LogP contribution in [0.3, 0.4) is 0 Å². The summed E-state index contributed by atoms with van der Waals surface area (Å²) in [4.78, 5) is 62.3. The fourth-order valence-corrected chi connectivity index (χ4v) is 6.51. The Morgan fingerprint density at radius 3 is 2.76 bits per heavy atom. The van der Waals surface area contributed by atoms with Crippen molar-refractivity contribution in [3.05, 3.63) is 77.1 Å². The first-order chi connectivity index (χ1) is 22.1. The molecule has 0 unspecified atom stereocenters. The molecule has 1 saturated heterocycles. The number of carbonyl (C=O) groups is 4. The lowest BCUT2D eigenvalue weighted by Gasteiger charge is -2.26. The van der Waals surface area contributed by atoms with E-state index in [9.17, 15) is 23.6 Å². The number of hydrogen-bond acceptors (Lipinski definition) is 6. The van der Waals surface area contributed by atoms with Gasteiger partial charge in [-0.2, -0.15) is 5.48 Å². The Morgan fingerprint density at radius 2 is 2.00 bits per heavy atom. The molecule has 46 heavy (non-hydrogen) atoms. The zero-order valence-corrected chi connectivity index (χ0v) is 26.7. The number of amides is 4. The molecule has 0 spiro atoms. The van der Waals surface area contributed by atoms with Gasteiger partial charge in [-0.3, -0.25) is 19.3 Å². The molecule has 4 atom stereocenters. The average Bonchev–Trinajstić information content (AvgIpc) is 3.33. The van der Waals surface area contributed by atoms with Gasteiger partial charge in [0.1, 0.15) is 23.5 Å². The van der Waals surface area contributed by atoms with Gasteiger partial charge in [0.2, 0.25) is 11.8 Å². The van der Waals surface area contributed by atoms with Crippen molar-refractivity contribution in [1.82, 2.24) is 20.6 Å². The highest BCUT2D eigenvalue weighted by Gasteiger charge is 2.61. The molecule has 246 valence electrons. The molecule has 2 N–H and O–H groups in total. The Labute approximate surface area is 273 Å². The highest BCUT2D eigenvalue weighted by molar-refractivity contribution is 6.30. The van der Waals surface area contributed by atoms with Crippen LogP contribution in [0.2, 0.25) is 5.02 Å². The molecule has 4 amide bonds. The van der Waals surface area contributed by atoms with Gasteiger partial charge in [0.15, 0.2) is 5.75 Å². The van der Waals surface area contributed by atoms with E-state index in [1.54, 1.807) is 43.3 Å². The second-order valence-electron chi connectivity index (χ2n) is 12.2. The van der Waals surface area contributed by atoms with E-state index in [-0.39, 0.29) is 44.3 Å². The number of hydrogen-bond donors (Lipinski definition) is 2. The van der Waals surface area contributed by atoms with Crippen molar-refractivity contribution in [2.75, 3.05) is 19.6 Å². The molecule has 1 aromatic rings. The van der Waals surface area contributed by atoms with Crippen LogP contribution >= 0.6 is 11.6 Å². The van der Waals surface area contributed by atoms with Gasteiger partial charge >= 0.3 is 6.09 Å². The Morgan fingerprint density at radius 1 is 1.20 bits per heavy atom. The summed E-state index contributed by atoms with van der Waals surface area (Å²) in [6.45, 7) is 5.39. The maximum atomic E-state index is 14.1. The average molecular weight is 655 g/mol. The summed E-state index contributed by atoms with van der Waals surface area (Å²) in [5, 5.41) is 3.36. The number of nitrogens with zero attached hydrogens (tertiary/aromatic N) is 2. The lowest BCUT2D eigenvalue weighted by molar-refractivity contribution is -0.141. The van der Waals surface area contributed by atoms with Crippen LogP contribution in [0, 0.1) is 5.92 Å². The molecule has 10 nitrogen and oxygen atoms in total. The first-order valence-corrected chi connectivity index (χ1v) is 16.1. The van der Waals surface area contributed by atoms with Crippen molar-refractivity contribution >= 4 is 35.4 Å². The van der Waals surface area contributed by atoms with Gasteiger partial charge in [0.05, 0.1) is 13.1 Å². The first kappa shape index (κ1) is 33.2. The van der Waals surface area contributed by atoms with Crippen LogP contribution in [-0.2, 0) is 19.1 Å². The number of carbonyl (C=O) groups excluding carboxylic acids is 4. The molecular weight excluding hydrogens is 615 g/mol. The Kier molecular flexibility index (Phi) is 10.5. The number of nitrogens with one attached hydrogen (secondary N) is 2. The van der Waals surface area contributed by atoms with E-state index in [4.69, 9.17) is 21.2 Å². The van der Waals surface area contributed by atoms with Crippen molar-refractivity contribution in [1.29, 1.82) is 0 Å². The molecule has 1 saturated carbocycles. The molecule has 0 aromatic heterocycles. The molecule has 12 heteroatoms. The zero-order chi connectivity index (χ0) is 32.8. The minimum absolute atomic E-state index is 0.0108. The van der Waals surface area contributed by atoms with E-state index in [0.717, 1.165) is 25.7 Å². The number of halogens is 2. The van der Waals surface area contributed by atoms with Gasteiger partial charge in [-0.05, 0) is 50.3 Å². The second kappa shape index (κ2) is 14.5. The Hall–Kier alpha value is -4.12. The van der Waals surface area contributed by atoms with E-state index >= 15 is 0 Å². The van der Waals surface area contributed by atoms with Gasteiger partial charge in [0.25, 0.3) is 5.91 Å². The van der Waals surface area contributed by atoms with Crippen molar-refractivity contribution in [2.45, 2.75) is 76.0 Å². The van der Waals surface area contributed by atoms with Crippen LogP contribution in [0.1, 0.15) is 58.3 Å². The third-order valence-electron chi connectivity index (χ3n) is 8.91. The number of fused-ring (bicyclic) bond motifs is 2. The van der Waals surface area contributed by atoms with E-state index in [0.29, 0.717) is 34.8 Å². The normalized spacial score (nSPS) is 27.7. The van der Waals surface area contributed by atoms with Gasteiger partial charge in [-0.15, -0.1) is 0 Å². The van der Waals surface area contributed by atoms with Crippen LogP contribution in [0.5, 0.6) is 5.75 Å². The fraction of sp³-hybridized carbons (Fsp3) is 0.471. The van der Waals surface area contributed by atoms with Crippen molar-refractivity contribution in [3.63, 3.8) is 0 Å². The van der Waals surface area contributed by atoms with Crippen LogP contribution in [0.25, 0.3) is 0 Å². The highest BCUT2D eigenvalue weighted by Crippen LogP contribution is 2.45. The predicted octanol–water partition coefficient (Wildman–Crippen LogP) is 5.31. The summed E-state index contributed by atoms with van der Waals surface area (Å²) in [6, 6.07) is 5.61. The lowest BCUT2D eigenvalue weighted by atomic mass is 10.1. The van der Waals surface area contributed by atoms with Crippen LogP contribution in [0.4, 0.5) is 9.18 Å². The van der Waals surface area contributed by atoms with Crippen LogP contribution in [0.15, 0.2) is 72.1 Å². The summed E-state index contributed by atoms with van der Waals surface area (Å²) >= 11 is 6.04. The molecule has 0 bridgehead atoms. The summed E-state index contributed by atoms with van der Waals surface area (Å²) in [5.41, 5.74) is 2.15. The predicted molar refractivity (Wildman–Crippen MR) is 170 cm³/mol. The number of hydroxylamine groups is 1. The minimum Gasteiger partial charge on any atom is -0.444 e. The number of rotatable bonds is 6. The minimum atomic E-state index is -1.27. The Balaban J connectivity index is 1.30. The van der Waals surface area contributed by atoms with Gasteiger partial charge < -0.3 is 19.8 Å².